The largest absolute Gasteiger partial charge is 0.389 e. The summed E-state index contributed by atoms with van der Waals surface area (Å²) in [5, 5.41) is 9.65. The molecule has 84 valence electrons. The van der Waals surface area contributed by atoms with E-state index in [-0.39, 0.29) is 0 Å². The molecule has 0 aliphatic rings. The lowest BCUT2D eigenvalue weighted by atomic mass is 10.1. The highest BCUT2D eigenvalue weighted by Gasteiger charge is 2.13. The highest BCUT2D eigenvalue weighted by Crippen LogP contribution is 2.23. The molecule has 1 heterocycles. The smallest absolute Gasteiger partial charge is 0.134 e. The zero-order chi connectivity index (χ0) is 11.3. The van der Waals surface area contributed by atoms with Gasteiger partial charge in [0.2, 0.25) is 0 Å². The van der Waals surface area contributed by atoms with Gasteiger partial charge in [-0.05, 0) is 26.3 Å². The van der Waals surface area contributed by atoms with Gasteiger partial charge in [-0.2, -0.15) is 0 Å². The molecule has 0 aromatic carbocycles. The SMILES string of the molecule is CCCN(CC)c1ncccc1C(C)O. The van der Waals surface area contributed by atoms with Crippen LogP contribution in [0.3, 0.4) is 0 Å². The van der Waals surface area contributed by atoms with Crippen molar-refractivity contribution in [2.45, 2.75) is 33.3 Å². The van der Waals surface area contributed by atoms with Crippen LogP contribution in [-0.2, 0) is 0 Å². The van der Waals surface area contributed by atoms with Gasteiger partial charge in [0.1, 0.15) is 5.82 Å². The maximum atomic E-state index is 9.65. The predicted molar refractivity (Wildman–Crippen MR) is 63.0 cm³/mol. The Hall–Kier alpha value is -1.09. The van der Waals surface area contributed by atoms with Gasteiger partial charge in [-0.15, -0.1) is 0 Å². The Morgan fingerprint density at radius 2 is 2.20 bits per heavy atom. The number of hydrogen-bond donors (Lipinski definition) is 1. The van der Waals surface area contributed by atoms with E-state index in [1.807, 2.05) is 12.1 Å². The van der Waals surface area contributed by atoms with Crippen molar-refractivity contribution in [2.75, 3.05) is 18.0 Å². The van der Waals surface area contributed by atoms with Gasteiger partial charge < -0.3 is 10.0 Å². The third-order valence-electron chi connectivity index (χ3n) is 2.44. The molecule has 1 aromatic heterocycles. The molecule has 0 radical (unpaired) electrons. The number of aromatic nitrogens is 1. The van der Waals surface area contributed by atoms with Crippen LogP contribution < -0.4 is 4.90 Å². The fraction of sp³-hybridized carbons (Fsp3) is 0.583. The third-order valence-corrected chi connectivity index (χ3v) is 2.44. The molecule has 1 rings (SSSR count). The molecule has 0 aliphatic carbocycles. The van der Waals surface area contributed by atoms with Gasteiger partial charge in [-0.3, -0.25) is 0 Å². The molecule has 0 spiro atoms. The number of pyridine rings is 1. The predicted octanol–water partition coefficient (Wildman–Crippen LogP) is 2.37. The Bertz CT molecular complexity index is 299. The topological polar surface area (TPSA) is 36.4 Å². The molecule has 1 atom stereocenters. The Kier molecular flexibility index (Phi) is 4.56. The average molecular weight is 208 g/mol. The zero-order valence-electron chi connectivity index (χ0n) is 9.77. The number of hydrogen-bond acceptors (Lipinski definition) is 3. The van der Waals surface area contributed by atoms with Gasteiger partial charge in [0, 0.05) is 24.8 Å². The monoisotopic (exact) mass is 208 g/mol. The lowest BCUT2D eigenvalue weighted by molar-refractivity contribution is 0.199. The maximum absolute atomic E-state index is 9.65. The van der Waals surface area contributed by atoms with Gasteiger partial charge in [0.25, 0.3) is 0 Å². The van der Waals surface area contributed by atoms with E-state index in [9.17, 15) is 5.11 Å². The van der Waals surface area contributed by atoms with Crippen LogP contribution in [0, 0.1) is 0 Å². The van der Waals surface area contributed by atoms with Crippen LogP contribution in [0.1, 0.15) is 38.9 Å². The van der Waals surface area contributed by atoms with E-state index in [1.165, 1.54) is 0 Å². The summed E-state index contributed by atoms with van der Waals surface area (Å²) in [4.78, 5) is 6.55. The molecule has 3 nitrogen and oxygen atoms in total. The summed E-state index contributed by atoms with van der Waals surface area (Å²) in [7, 11) is 0. The number of aliphatic hydroxyl groups excluding tert-OH is 1. The quantitative estimate of drug-likeness (QED) is 0.807. The normalized spacial score (nSPS) is 12.5. The molecule has 0 amide bonds. The van der Waals surface area contributed by atoms with Crippen molar-refractivity contribution in [1.82, 2.24) is 4.98 Å². The van der Waals surface area contributed by atoms with E-state index >= 15 is 0 Å². The van der Waals surface area contributed by atoms with Gasteiger partial charge in [0.15, 0.2) is 0 Å². The first kappa shape index (κ1) is 12.0. The number of rotatable bonds is 5. The molecule has 1 N–H and O–H groups in total. The minimum Gasteiger partial charge on any atom is -0.389 e. The molecule has 0 fully saturated rings. The minimum absolute atomic E-state index is 0.459. The van der Waals surface area contributed by atoms with Crippen LogP contribution in [0.5, 0.6) is 0 Å². The van der Waals surface area contributed by atoms with Crippen LogP contribution in [-0.4, -0.2) is 23.2 Å². The highest BCUT2D eigenvalue weighted by molar-refractivity contribution is 5.47. The first-order valence-corrected chi connectivity index (χ1v) is 5.58. The van der Waals surface area contributed by atoms with Crippen molar-refractivity contribution in [3.05, 3.63) is 23.9 Å². The van der Waals surface area contributed by atoms with Crippen molar-refractivity contribution < 1.29 is 5.11 Å². The van der Waals surface area contributed by atoms with E-state index in [2.05, 4.69) is 23.7 Å². The molecular weight excluding hydrogens is 188 g/mol. The lowest BCUT2D eigenvalue weighted by Crippen LogP contribution is -2.26. The van der Waals surface area contributed by atoms with Crippen LogP contribution in [0.15, 0.2) is 18.3 Å². The van der Waals surface area contributed by atoms with E-state index in [0.29, 0.717) is 0 Å². The first-order chi connectivity index (χ1) is 7.20. The van der Waals surface area contributed by atoms with Gasteiger partial charge in [-0.25, -0.2) is 4.98 Å². The molecule has 0 saturated heterocycles. The first-order valence-electron chi connectivity index (χ1n) is 5.58. The standard InChI is InChI=1S/C12H20N2O/c1-4-9-14(5-2)12-11(10(3)15)7-6-8-13-12/h6-8,10,15H,4-5,9H2,1-3H3. The molecule has 3 heteroatoms. The van der Waals surface area contributed by atoms with Crippen LogP contribution in [0.2, 0.25) is 0 Å². The Morgan fingerprint density at radius 1 is 1.47 bits per heavy atom. The second kappa shape index (κ2) is 5.71. The Morgan fingerprint density at radius 3 is 2.73 bits per heavy atom. The summed E-state index contributed by atoms with van der Waals surface area (Å²) in [6.45, 7) is 7.93. The van der Waals surface area contributed by atoms with Crippen LogP contribution in [0.25, 0.3) is 0 Å². The lowest BCUT2D eigenvalue weighted by Gasteiger charge is -2.24. The second-order valence-corrected chi connectivity index (χ2v) is 3.67. The average Bonchev–Trinajstić information content (AvgIpc) is 2.26. The van der Waals surface area contributed by atoms with Crippen molar-refractivity contribution in [1.29, 1.82) is 0 Å². The molecule has 0 aliphatic heterocycles. The molecule has 1 aromatic rings. The summed E-state index contributed by atoms with van der Waals surface area (Å²) in [6, 6.07) is 3.80. The van der Waals surface area contributed by atoms with E-state index in [1.54, 1.807) is 13.1 Å². The van der Waals surface area contributed by atoms with Gasteiger partial charge >= 0.3 is 0 Å². The fourth-order valence-corrected chi connectivity index (χ4v) is 1.68. The van der Waals surface area contributed by atoms with Crippen LogP contribution >= 0.6 is 0 Å². The Balaban J connectivity index is 2.99. The van der Waals surface area contributed by atoms with E-state index in [0.717, 1.165) is 30.9 Å². The van der Waals surface area contributed by atoms with Crippen LogP contribution in [0.4, 0.5) is 5.82 Å². The van der Waals surface area contributed by atoms with Crippen molar-refractivity contribution in [3.8, 4) is 0 Å². The van der Waals surface area contributed by atoms with E-state index < -0.39 is 6.10 Å². The highest BCUT2D eigenvalue weighted by atomic mass is 16.3. The summed E-state index contributed by atoms with van der Waals surface area (Å²) >= 11 is 0. The van der Waals surface area contributed by atoms with E-state index in [4.69, 9.17) is 0 Å². The molecule has 1 unspecified atom stereocenters. The van der Waals surface area contributed by atoms with Crippen molar-refractivity contribution in [2.24, 2.45) is 0 Å². The third kappa shape index (κ3) is 2.93. The van der Waals surface area contributed by atoms with Gasteiger partial charge in [-0.1, -0.05) is 13.0 Å². The maximum Gasteiger partial charge on any atom is 0.134 e. The summed E-state index contributed by atoms with van der Waals surface area (Å²) in [5.41, 5.74) is 0.910. The number of aliphatic hydroxyl groups is 1. The molecule has 0 bridgehead atoms. The number of anilines is 1. The van der Waals surface area contributed by atoms with Gasteiger partial charge in [0.05, 0.1) is 6.10 Å². The second-order valence-electron chi connectivity index (χ2n) is 3.67. The molecular formula is C12H20N2O. The fourth-order valence-electron chi connectivity index (χ4n) is 1.68. The summed E-state index contributed by atoms with van der Waals surface area (Å²) in [5.74, 6) is 0.914. The van der Waals surface area contributed by atoms with Crippen molar-refractivity contribution >= 4 is 5.82 Å². The zero-order valence-corrected chi connectivity index (χ0v) is 9.77. The number of nitrogens with zero attached hydrogens (tertiary/aromatic N) is 2. The summed E-state index contributed by atoms with van der Waals surface area (Å²) < 4.78 is 0. The minimum atomic E-state index is -0.459. The molecule has 0 saturated carbocycles. The van der Waals surface area contributed by atoms with Crippen molar-refractivity contribution in [3.63, 3.8) is 0 Å². The Labute approximate surface area is 91.8 Å². The summed E-state index contributed by atoms with van der Waals surface area (Å²) in [6.07, 6.45) is 2.41. The molecule has 15 heavy (non-hydrogen) atoms.